The molecule has 2 heteroatoms. The SMILES string of the molecule is CCC1(C)OC1Cl. The van der Waals surface area contributed by atoms with E-state index in [0.29, 0.717) is 0 Å². The first kappa shape index (κ1) is 5.39. The molecule has 42 valence electrons. The van der Waals surface area contributed by atoms with Gasteiger partial charge in [-0.3, -0.25) is 0 Å². The van der Waals surface area contributed by atoms with E-state index in [2.05, 4.69) is 6.92 Å². The molecule has 0 aromatic rings. The molecule has 0 aromatic carbocycles. The van der Waals surface area contributed by atoms with Crippen LogP contribution in [0.3, 0.4) is 0 Å². The highest BCUT2D eigenvalue weighted by molar-refractivity contribution is 6.22. The van der Waals surface area contributed by atoms with Gasteiger partial charge in [0, 0.05) is 0 Å². The van der Waals surface area contributed by atoms with Crippen LogP contribution in [-0.2, 0) is 4.74 Å². The van der Waals surface area contributed by atoms with Crippen LogP contribution < -0.4 is 0 Å². The van der Waals surface area contributed by atoms with Crippen LogP contribution in [0.15, 0.2) is 0 Å². The fourth-order valence-corrected chi connectivity index (χ4v) is 0.804. The van der Waals surface area contributed by atoms with Crippen LogP contribution in [0.25, 0.3) is 0 Å². The minimum absolute atomic E-state index is 0.0154. The summed E-state index contributed by atoms with van der Waals surface area (Å²) >= 11 is 5.57. The van der Waals surface area contributed by atoms with Gasteiger partial charge in [-0.15, -0.1) is 0 Å². The molecule has 1 nitrogen and oxygen atoms in total. The molecule has 0 saturated carbocycles. The lowest BCUT2D eigenvalue weighted by Gasteiger charge is -1.93. The molecule has 1 saturated heterocycles. The summed E-state index contributed by atoms with van der Waals surface area (Å²) in [7, 11) is 0. The minimum Gasteiger partial charge on any atom is -0.349 e. The monoisotopic (exact) mass is 120 g/mol. The molecule has 0 bridgehead atoms. The molecule has 0 N–H and O–H groups in total. The van der Waals surface area contributed by atoms with Gasteiger partial charge < -0.3 is 4.74 Å². The van der Waals surface area contributed by atoms with Gasteiger partial charge in [-0.25, -0.2) is 0 Å². The number of ether oxygens (including phenoxy) is 1. The van der Waals surface area contributed by atoms with Crippen molar-refractivity contribution in [1.82, 2.24) is 0 Å². The number of alkyl halides is 1. The van der Waals surface area contributed by atoms with E-state index in [1.54, 1.807) is 0 Å². The predicted octanol–water partition coefficient (Wildman–Crippen LogP) is 1.75. The van der Waals surface area contributed by atoms with Crippen LogP contribution in [0.1, 0.15) is 20.3 Å². The van der Waals surface area contributed by atoms with Crippen LogP contribution in [0.2, 0.25) is 0 Å². The van der Waals surface area contributed by atoms with E-state index < -0.39 is 0 Å². The third-order valence-electron chi connectivity index (χ3n) is 1.50. The number of halogens is 1. The molecule has 2 atom stereocenters. The topological polar surface area (TPSA) is 12.5 Å². The average molecular weight is 121 g/mol. The summed E-state index contributed by atoms with van der Waals surface area (Å²) in [6, 6.07) is 0. The molecule has 0 aliphatic carbocycles. The Labute approximate surface area is 48.6 Å². The molecule has 1 aliphatic rings. The number of hydrogen-bond donors (Lipinski definition) is 0. The Morgan fingerprint density at radius 2 is 2.29 bits per heavy atom. The first-order valence-electron chi connectivity index (χ1n) is 2.51. The van der Waals surface area contributed by atoms with Crippen molar-refractivity contribution in [2.24, 2.45) is 0 Å². The van der Waals surface area contributed by atoms with Gasteiger partial charge in [0.25, 0.3) is 0 Å². The summed E-state index contributed by atoms with van der Waals surface area (Å²) in [4.78, 5) is 0. The summed E-state index contributed by atoms with van der Waals surface area (Å²) in [5.41, 5.74) is -0.000772. The largest absolute Gasteiger partial charge is 0.349 e. The van der Waals surface area contributed by atoms with Crippen molar-refractivity contribution in [3.8, 4) is 0 Å². The normalized spacial score (nSPS) is 49.3. The van der Waals surface area contributed by atoms with Crippen LogP contribution in [0, 0.1) is 0 Å². The first-order chi connectivity index (χ1) is 3.19. The third kappa shape index (κ3) is 0.752. The lowest BCUT2D eigenvalue weighted by atomic mass is 10.1. The Hall–Kier alpha value is 0.250. The zero-order valence-corrected chi connectivity index (χ0v) is 5.33. The van der Waals surface area contributed by atoms with Gasteiger partial charge in [-0.05, 0) is 13.3 Å². The molecule has 1 aliphatic heterocycles. The first-order valence-corrected chi connectivity index (χ1v) is 2.94. The van der Waals surface area contributed by atoms with Crippen molar-refractivity contribution in [2.45, 2.75) is 31.4 Å². The molecule has 1 heterocycles. The predicted molar refractivity (Wildman–Crippen MR) is 29.4 cm³/mol. The number of epoxide rings is 1. The molecule has 7 heavy (non-hydrogen) atoms. The van der Waals surface area contributed by atoms with Gasteiger partial charge >= 0.3 is 0 Å². The standard InChI is InChI=1S/C5H9ClO/c1-3-5(2)4(6)7-5/h4H,3H2,1-2H3. The maximum absolute atomic E-state index is 5.57. The summed E-state index contributed by atoms with van der Waals surface area (Å²) < 4.78 is 5.02. The van der Waals surface area contributed by atoms with Gasteiger partial charge in [0.1, 0.15) is 5.60 Å². The Kier molecular flexibility index (Phi) is 1.05. The van der Waals surface area contributed by atoms with Crippen LogP contribution in [-0.4, -0.2) is 11.2 Å². The molecule has 0 aromatic heterocycles. The maximum atomic E-state index is 5.57. The van der Waals surface area contributed by atoms with E-state index in [-0.39, 0.29) is 11.2 Å². The van der Waals surface area contributed by atoms with Crippen molar-refractivity contribution in [3.63, 3.8) is 0 Å². The summed E-state index contributed by atoms with van der Waals surface area (Å²) in [5.74, 6) is 0. The molecule has 1 fully saturated rings. The van der Waals surface area contributed by atoms with Crippen LogP contribution >= 0.6 is 11.6 Å². The Balaban J connectivity index is 2.36. The second-order valence-corrected chi connectivity index (χ2v) is 2.50. The zero-order chi connectivity index (χ0) is 5.49. The van der Waals surface area contributed by atoms with E-state index in [9.17, 15) is 0 Å². The highest BCUT2D eigenvalue weighted by Gasteiger charge is 2.49. The Bertz CT molecular complexity index is 80.1. The van der Waals surface area contributed by atoms with Crippen molar-refractivity contribution in [3.05, 3.63) is 0 Å². The summed E-state index contributed by atoms with van der Waals surface area (Å²) in [6.07, 6.45) is 1.02. The highest BCUT2D eigenvalue weighted by atomic mass is 35.5. The summed E-state index contributed by atoms with van der Waals surface area (Å²) in [5, 5.41) is 0. The Morgan fingerprint density at radius 1 is 1.86 bits per heavy atom. The van der Waals surface area contributed by atoms with E-state index >= 15 is 0 Å². The molecule has 0 spiro atoms. The molecule has 1 rings (SSSR count). The molecule has 2 unspecified atom stereocenters. The molecule has 0 amide bonds. The van der Waals surface area contributed by atoms with E-state index in [4.69, 9.17) is 16.3 Å². The zero-order valence-electron chi connectivity index (χ0n) is 4.57. The van der Waals surface area contributed by atoms with Gasteiger partial charge in [-0.2, -0.15) is 0 Å². The Morgan fingerprint density at radius 3 is 2.29 bits per heavy atom. The van der Waals surface area contributed by atoms with Gasteiger partial charge in [0.05, 0.1) is 0 Å². The maximum Gasteiger partial charge on any atom is 0.160 e. The van der Waals surface area contributed by atoms with Crippen molar-refractivity contribution in [2.75, 3.05) is 0 Å². The van der Waals surface area contributed by atoms with E-state index in [0.717, 1.165) is 6.42 Å². The van der Waals surface area contributed by atoms with E-state index in [1.165, 1.54) is 0 Å². The van der Waals surface area contributed by atoms with E-state index in [1.807, 2.05) is 6.92 Å². The molecule has 0 radical (unpaired) electrons. The second kappa shape index (κ2) is 1.36. The summed E-state index contributed by atoms with van der Waals surface area (Å²) in [6.45, 7) is 4.09. The van der Waals surface area contributed by atoms with Gasteiger partial charge in [0.2, 0.25) is 0 Å². The smallest absolute Gasteiger partial charge is 0.160 e. The second-order valence-electron chi connectivity index (χ2n) is 2.10. The fraction of sp³-hybridized carbons (Fsp3) is 1.00. The fourth-order valence-electron chi connectivity index (χ4n) is 0.446. The van der Waals surface area contributed by atoms with Gasteiger partial charge in [0.15, 0.2) is 5.56 Å². The van der Waals surface area contributed by atoms with Crippen molar-refractivity contribution < 1.29 is 4.74 Å². The molecular formula is C5H9ClO. The minimum atomic E-state index is -0.0162. The third-order valence-corrected chi connectivity index (χ3v) is 2.05. The highest BCUT2D eigenvalue weighted by Crippen LogP contribution is 2.41. The quantitative estimate of drug-likeness (QED) is 0.380. The van der Waals surface area contributed by atoms with Crippen molar-refractivity contribution in [1.29, 1.82) is 0 Å². The molecular weight excluding hydrogens is 112 g/mol. The van der Waals surface area contributed by atoms with Gasteiger partial charge in [-0.1, -0.05) is 18.5 Å². The van der Waals surface area contributed by atoms with Crippen LogP contribution in [0.4, 0.5) is 0 Å². The average Bonchev–Trinajstić information content (AvgIpc) is 2.18. The lowest BCUT2D eigenvalue weighted by Crippen LogP contribution is -2.02. The lowest BCUT2D eigenvalue weighted by molar-refractivity contribution is 0.313. The number of hydrogen-bond acceptors (Lipinski definition) is 1. The van der Waals surface area contributed by atoms with Crippen LogP contribution in [0.5, 0.6) is 0 Å². The number of rotatable bonds is 1. The van der Waals surface area contributed by atoms with Crippen molar-refractivity contribution >= 4 is 11.6 Å².